The Hall–Kier alpha value is -1.15. The van der Waals surface area contributed by atoms with Crippen molar-refractivity contribution in [3.63, 3.8) is 0 Å². The molecule has 0 heterocycles. The van der Waals surface area contributed by atoms with Crippen molar-refractivity contribution in [1.29, 1.82) is 0 Å². The lowest BCUT2D eigenvalue weighted by molar-refractivity contribution is 0.618. The third-order valence-electron chi connectivity index (χ3n) is 3.46. The van der Waals surface area contributed by atoms with Crippen LogP contribution >= 0.6 is 0 Å². The Kier molecular flexibility index (Phi) is 4.18. The van der Waals surface area contributed by atoms with Crippen LogP contribution in [0.15, 0.2) is 23.8 Å². The van der Waals surface area contributed by atoms with Gasteiger partial charge in [0.15, 0.2) is 0 Å². The molecule has 0 unspecified atom stereocenters. The van der Waals surface area contributed by atoms with E-state index < -0.39 is 0 Å². The second kappa shape index (κ2) is 5.66. The van der Waals surface area contributed by atoms with Crippen molar-refractivity contribution in [3.8, 4) is 0 Å². The van der Waals surface area contributed by atoms with E-state index in [1.165, 1.54) is 18.4 Å². The highest BCUT2D eigenvalue weighted by Crippen LogP contribution is 2.21. The number of benzene rings is 1. The minimum atomic E-state index is -0.123. The maximum absolute atomic E-state index is 13.5. The van der Waals surface area contributed by atoms with E-state index >= 15 is 0 Å². The van der Waals surface area contributed by atoms with Gasteiger partial charge >= 0.3 is 0 Å². The third kappa shape index (κ3) is 3.67. The molecule has 1 saturated carbocycles. The van der Waals surface area contributed by atoms with Crippen LogP contribution in [0, 0.1) is 18.7 Å². The zero-order valence-corrected chi connectivity index (χ0v) is 11.5. The number of rotatable bonds is 5. The van der Waals surface area contributed by atoms with Gasteiger partial charge in [0.1, 0.15) is 5.82 Å². The summed E-state index contributed by atoms with van der Waals surface area (Å²) in [6, 6.07) is 6.15. The lowest BCUT2D eigenvalue weighted by atomic mass is 9.99. The van der Waals surface area contributed by atoms with E-state index in [1.54, 1.807) is 13.0 Å². The highest BCUT2D eigenvalue weighted by molar-refractivity contribution is 5.54. The minimum absolute atomic E-state index is 0.123. The first kappa shape index (κ1) is 13.3. The van der Waals surface area contributed by atoms with Crippen molar-refractivity contribution in [2.75, 3.05) is 6.54 Å². The first-order valence-electron chi connectivity index (χ1n) is 6.76. The zero-order valence-electron chi connectivity index (χ0n) is 11.5. The highest BCUT2D eigenvalue weighted by Gasteiger charge is 2.20. The molecule has 2 rings (SSSR count). The van der Waals surface area contributed by atoms with E-state index in [1.807, 2.05) is 12.1 Å². The second-order valence-electron chi connectivity index (χ2n) is 5.54. The molecule has 18 heavy (non-hydrogen) atoms. The van der Waals surface area contributed by atoms with Gasteiger partial charge in [0.05, 0.1) is 0 Å². The Balaban J connectivity index is 2.11. The summed E-state index contributed by atoms with van der Waals surface area (Å²) in [5.41, 5.74) is 3.00. The molecule has 1 aliphatic carbocycles. The molecule has 1 aromatic carbocycles. The summed E-state index contributed by atoms with van der Waals surface area (Å²) in [5.74, 6) is 0.364. The summed E-state index contributed by atoms with van der Waals surface area (Å²) in [5, 5.41) is 3.52. The molecule has 0 spiro atoms. The Morgan fingerprint density at radius 3 is 2.72 bits per heavy atom. The maximum atomic E-state index is 13.5. The van der Waals surface area contributed by atoms with Crippen LogP contribution in [0.1, 0.15) is 37.8 Å². The van der Waals surface area contributed by atoms with Crippen LogP contribution in [0.3, 0.4) is 0 Å². The van der Waals surface area contributed by atoms with Gasteiger partial charge < -0.3 is 5.32 Å². The van der Waals surface area contributed by atoms with Crippen molar-refractivity contribution in [2.45, 2.75) is 39.7 Å². The van der Waals surface area contributed by atoms with Gasteiger partial charge in [-0.1, -0.05) is 37.6 Å². The molecule has 0 amide bonds. The van der Waals surface area contributed by atoms with Gasteiger partial charge in [0.2, 0.25) is 0 Å². The molecule has 2 heteroatoms. The van der Waals surface area contributed by atoms with Crippen molar-refractivity contribution in [2.24, 2.45) is 5.92 Å². The van der Waals surface area contributed by atoms with E-state index in [4.69, 9.17) is 0 Å². The number of aryl methyl sites for hydroxylation is 1. The molecule has 1 aromatic rings. The summed E-state index contributed by atoms with van der Waals surface area (Å²) >= 11 is 0. The Bertz CT molecular complexity index is 444. The molecular weight excluding hydrogens is 225 g/mol. The predicted molar refractivity (Wildman–Crippen MR) is 75.0 cm³/mol. The van der Waals surface area contributed by atoms with E-state index in [0.29, 0.717) is 17.5 Å². The Morgan fingerprint density at radius 2 is 2.17 bits per heavy atom. The Morgan fingerprint density at radius 1 is 1.44 bits per heavy atom. The number of hydrogen-bond acceptors (Lipinski definition) is 1. The zero-order chi connectivity index (χ0) is 13.1. The van der Waals surface area contributed by atoms with Crippen molar-refractivity contribution in [3.05, 3.63) is 40.7 Å². The van der Waals surface area contributed by atoms with Crippen LogP contribution in [0.5, 0.6) is 0 Å². The van der Waals surface area contributed by atoms with Gasteiger partial charge in [-0.2, -0.15) is 0 Å². The molecule has 0 bridgehead atoms. The van der Waals surface area contributed by atoms with Gasteiger partial charge in [-0.05, 0) is 42.9 Å². The van der Waals surface area contributed by atoms with Gasteiger partial charge in [0.25, 0.3) is 0 Å². The van der Waals surface area contributed by atoms with E-state index in [9.17, 15) is 4.39 Å². The molecule has 98 valence electrons. The summed E-state index contributed by atoms with van der Waals surface area (Å²) in [4.78, 5) is 0. The number of halogens is 1. The van der Waals surface area contributed by atoms with E-state index in [2.05, 4.69) is 25.2 Å². The fourth-order valence-corrected chi connectivity index (χ4v) is 1.88. The summed E-state index contributed by atoms with van der Waals surface area (Å²) in [7, 11) is 0. The smallest absolute Gasteiger partial charge is 0.126 e. The molecule has 0 saturated heterocycles. The SMILES string of the molecule is Cc1ccc(C=C(CNC2CC2)C(C)C)cc1F. The maximum Gasteiger partial charge on any atom is 0.126 e. The molecule has 0 radical (unpaired) electrons. The van der Waals surface area contributed by atoms with E-state index in [0.717, 1.165) is 12.1 Å². The monoisotopic (exact) mass is 247 g/mol. The lowest BCUT2D eigenvalue weighted by Gasteiger charge is -2.13. The van der Waals surface area contributed by atoms with E-state index in [-0.39, 0.29) is 5.82 Å². The number of nitrogens with one attached hydrogen (secondary N) is 1. The van der Waals surface area contributed by atoms with Crippen LogP contribution in [-0.2, 0) is 0 Å². The lowest BCUT2D eigenvalue weighted by Crippen LogP contribution is -2.21. The van der Waals surface area contributed by atoms with Crippen LogP contribution in [0.25, 0.3) is 6.08 Å². The fraction of sp³-hybridized carbons (Fsp3) is 0.500. The third-order valence-corrected chi connectivity index (χ3v) is 3.46. The van der Waals surface area contributed by atoms with Crippen molar-refractivity contribution >= 4 is 6.08 Å². The van der Waals surface area contributed by atoms with Gasteiger partial charge in [-0.15, -0.1) is 0 Å². The molecule has 0 atom stereocenters. The normalized spacial score (nSPS) is 16.4. The minimum Gasteiger partial charge on any atom is -0.310 e. The van der Waals surface area contributed by atoms with Crippen LogP contribution < -0.4 is 5.32 Å². The van der Waals surface area contributed by atoms with Crippen LogP contribution in [0.4, 0.5) is 4.39 Å². The highest BCUT2D eigenvalue weighted by atomic mass is 19.1. The molecular formula is C16H22FN. The average molecular weight is 247 g/mol. The number of hydrogen-bond donors (Lipinski definition) is 1. The summed E-state index contributed by atoms with van der Waals surface area (Å²) < 4.78 is 13.5. The van der Waals surface area contributed by atoms with Crippen LogP contribution in [-0.4, -0.2) is 12.6 Å². The molecule has 1 aliphatic rings. The molecule has 0 aliphatic heterocycles. The van der Waals surface area contributed by atoms with Crippen molar-refractivity contribution < 1.29 is 4.39 Å². The van der Waals surface area contributed by atoms with Gasteiger partial charge in [-0.3, -0.25) is 0 Å². The predicted octanol–water partition coefficient (Wildman–Crippen LogP) is 3.93. The summed E-state index contributed by atoms with van der Waals surface area (Å²) in [6.45, 7) is 7.08. The van der Waals surface area contributed by atoms with Crippen LogP contribution in [0.2, 0.25) is 0 Å². The van der Waals surface area contributed by atoms with Gasteiger partial charge in [-0.25, -0.2) is 4.39 Å². The molecule has 0 aromatic heterocycles. The first-order chi connectivity index (χ1) is 8.56. The standard InChI is InChI=1S/C16H22FN/c1-11(2)14(10-18-15-6-7-15)8-13-5-4-12(3)16(17)9-13/h4-5,8-9,11,15,18H,6-7,10H2,1-3H3. The Labute approximate surface area is 109 Å². The summed E-state index contributed by atoms with van der Waals surface area (Å²) in [6.07, 6.45) is 4.71. The average Bonchev–Trinajstić information content (AvgIpc) is 3.12. The fourth-order valence-electron chi connectivity index (χ4n) is 1.88. The molecule has 1 fully saturated rings. The van der Waals surface area contributed by atoms with Crippen molar-refractivity contribution in [1.82, 2.24) is 5.32 Å². The van der Waals surface area contributed by atoms with Gasteiger partial charge in [0, 0.05) is 12.6 Å². The second-order valence-corrected chi connectivity index (χ2v) is 5.54. The molecule has 1 N–H and O–H groups in total. The largest absolute Gasteiger partial charge is 0.310 e. The quantitative estimate of drug-likeness (QED) is 0.831. The topological polar surface area (TPSA) is 12.0 Å². The first-order valence-corrected chi connectivity index (χ1v) is 6.76. The molecule has 1 nitrogen and oxygen atoms in total.